The van der Waals surface area contributed by atoms with Gasteiger partial charge in [0.15, 0.2) is 6.61 Å². The summed E-state index contributed by atoms with van der Waals surface area (Å²) in [6.45, 7) is 1.30. The zero-order valence-electron chi connectivity index (χ0n) is 14.5. The summed E-state index contributed by atoms with van der Waals surface area (Å²) in [5, 5.41) is 9.32. The van der Waals surface area contributed by atoms with Gasteiger partial charge in [0.25, 0.3) is 0 Å². The highest BCUT2D eigenvalue weighted by molar-refractivity contribution is 5.77. The van der Waals surface area contributed by atoms with Crippen LogP contribution in [0.5, 0.6) is 11.5 Å². The molecule has 0 saturated carbocycles. The zero-order chi connectivity index (χ0) is 18.5. The number of oxazole rings is 1. The van der Waals surface area contributed by atoms with Crippen LogP contribution >= 0.6 is 0 Å². The number of aromatic nitrogens is 1. The molecule has 0 aliphatic carbocycles. The predicted octanol–water partition coefficient (Wildman–Crippen LogP) is 1.84. The first-order valence-corrected chi connectivity index (χ1v) is 8.31. The van der Waals surface area contributed by atoms with Gasteiger partial charge < -0.3 is 24.5 Å². The van der Waals surface area contributed by atoms with Crippen LogP contribution in [0.3, 0.4) is 0 Å². The van der Waals surface area contributed by atoms with E-state index >= 15 is 0 Å². The number of piperidine rings is 1. The summed E-state index contributed by atoms with van der Waals surface area (Å²) < 4.78 is 16.5. The molecule has 136 valence electrons. The first-order valence-electron chi connectivity index (χ1n) is 8.31. The number of ether oxygens (including phenoxy) is 2. The second-order valence-corrected chi connectivity index (χ2v) is 6.00. The van der Waals surface area contributed by atoms with Gasteiger partial charge in [-0.1, -0.05) is 0 Å². The van der Waals surface area contributed by atoms with Gasteiger partial charge in [0, 0.05) is 19.0 Å². The maximum absolute atomic E-state index is 11.3. The highest BCUT2D eigenvalue weighted by atomic mass is 16.5. The van der Waals surface area contributed by atoms with E-state index < -0.39 is 0 Å². The van der Waals surface area contributed by atoms with Gasteiger partial charge in [-0.15, -0.1) is 0 Å². The summed E-state index contributed by atoms with van der Waals surface area (Å²) >= 11 is 0. The molecule has 0 unspecified atom stereocenters. The monoisotopic (exact) mass is 356 g/mol. The maximum Gasteiger partial charge on any atom is 0.236 e. The van der Waals surface area contributed by atoms with E-state index in [0.29, 0.717) is 43.5 Å². The minimum atomic E-state index is -0.281. The van der Waals surface area contributed by atoms with Gasteiger partial charge in [0.1, 0.15) is 17.6 Å². The van der Waals surface area contributed by atoms with E-state index in [1.165, 1.54) is 0 Å². The number of nitrogens with zero attached hydrogens (tertiary/aromatic N) is 3. The van der Waals surface area contributed by atoms with Crippen LogP contribution in [0.15, 0.2) is 28.7 Å². The van der Waals surface area contributed by atoms with Crippen LogP contribution in [0.4, 0.5) is 5.88 Å². The standard InChI is InChI=1S/C18H20N4O4/c1-24-13-2-4-14(5-3-13)25-11-16-21-15(10-19)18(26-16)22-8-6-12(7-9-22)17(20)23/h2-5,12H,6-9,11H2,1H3,(H2,20,23). The van der Waals surface area contributed by atoms with Crippen molar-refractivity contribution in [3.63, 3.8) is 0 Å². The van der Waals surface area contributed by atoms with Crippen molar-refractivity contribution < 1.29 is 18.7 Å². The van der Waals surface area contributed by atoms with Crippen LogP contribution < -0.4 is 20.1 Å². The Bertz CT molecular complexity index is 802. The van der Waals surface area contributed by atoms with Crippen molar-refractivity contribution in [2.45, 2.75) is 19.4 Å². The molecular formula is C18H20N4O4. The number of hydrogen-bond donors (Lipinski definition) is 1. The Kier molecular flexibility index (Phi) is 5.27. The number of hydrogen-bond acceptors (Lipinski definition) is 7. The van der Waals surface area contributed by atoms with Gasteiger partial charge in [-0.2, -0.15) is 10.2 Å². The van der Waals surface area contributed by atoms with Crippen molar-refractivity contribution in [3.05, 3.63) is 35.9 Å². The number of carbonyl (C=O) groups is 1. The smallest absolute Gasteiger partial charge is 0.236 e. The molecule has 2 aromatic rings. The minimum Gasteiger partial charge on any atom is -0.497 e. The minimum absolute atomic E-state index is 0.110. The number of methoxy groups -OCH3 is 1. The Balaban J connectivity index is 1.65. The molecule has 0 spiro atoms. The number of nitriles is 1. The van der Waals surface area contributed by atoms with E-state index in [2.05, 4.69) is 11.1 Å². The molecule has 3 rings (SSSR count). The van der Waals surface area contributed by atoms with Crippen LogP contribution in [0, 0.1) is 17.2 Å². The largest absolute Gasteiger partial charge is 0.497 e. The first-order chi connectivity index (χ1) is 12.6. The van der Waals surface area contributed by atoms with Crippen molar-refractivity contribution in [1.82, 2.24) is 4.98 Å². The lowest BCUT2D eigenvalue weighted by atomic mass is 9.96. The van der Waals surface area contributed by atoms with Gasteiger partial charge in [-0.05, 0) is 37.1 Å². The molecule has 1 aromatic heterocycles. The molecule has 2 N–H and O–H groups in total. The third-order valence-corrected chi connectivity index (χ3v) is 4.37. The third-order valence-electron chi connectivity index (χ3n) is 4.37. The number of amides is 1. The van der Waals surface area contributed by atoms with E-state index in [-0.39, 0.29) is 24.1 Å². The van der Waals surface area contributed by atoms with Gasteiger partial charge in [0.05, 0.1) is 7.11 Å². The Labute approximate surface area is 151 Å². The van der Waals surface area contributed by atoms with Gasteiger partial charge in [-0.25, -0.2) is 0 Å². The number of carbonyl (C=O) groups excluding carboxylic acids is 1. The summed E-state index contributed by atoms with van der Waals surface area (Å²) in [5.41, 5.74) is 5.57. The fourth-order valence-electron chi connectivity index (χ4n) is 2.89. The SMILES string of the molecule is COc1ccc(OCc2nc(C#N)c(N3CCC(C(N)=O)CC3)o2)cc1. The van der Waals surface area contributed by atoms with E-state index in [1.807, 2.05) is 4.90 Å². The Morgan fingerprint density at radius 2 is 2.00 bits per heavy atom. The van der Waals surface area contributed by atoms with E-state index in [0.717, 1.165) is 5.75 Å². The van der Waals surface area contributed by atoms with Crippen LogP contribution in [0.1, 0.15) is 24.4 Å². The van der Waals surface area contributed by atoms with Crippen molar-refractivity contribution >= 4 is 11.8 Å². The van der Waals surface area contributed by atoms with Crippen molar-refractivity contribution in [2.24, 2.45) is 11.7 Å². The fraction of sp³-hybridized carbons (Fsp3) is 0.389. The lowest BCUT2D eigenvalue weighted by Gasteiger charge is -2.30. The number of benzene rings is 1. The van der Waals surface area contributed by atoms with Gasteiger partial charge in [0.2, 0.25) is 23.4 Å². The molecule has 1 amide bonds. The lowest BCUT2D eigenvalue weighted by Crippen LogP contribution is -2.38. The highest BCUT2D eigenvalue weighted by Gasteiger charge is 2.27. The molecule has 1 aliphatic heterocycles. The molecule has 0 radical (unpaired) electrons. The summed E-state index contributed by atoms with van der Waals surface area (Å²) in [6, 6.07) is 9.19. The van der Waals surface area contributed by atoms with Crippen molar-refractivity contribution in [1.29, 1.82) is 5.26 Å². The van der Waals surface area contributed by atoms with Crippen LogP contribution in [0.2, 0.25) is 0 Å². The Morgan fingerprint density at radius 1 is 1.35 bits per heavy atom. The molecule has 0 atom stereocenters. The van der Waals surface area contributed by atoms with Crippen molar-refractivity contribution in [2.75, 3.05) is 25.1 Å². The molecular weight excluding hydrogens is 336 g/mol. The average molecular weight is 356 g/mol. The molecule has 8 nitrogen and oxygen atoms in total. The number of primary amides is 1. The zero-order valence-corrected chi connectivity index (χ0v) is 14.5. The lowest BCUT2D eigenvalue weighted by molar-refractivity contribution is -0.122. The Hall–Kier alpha value is -3.21. The molecule has 1 saturated heterocycles. The van der Waals surface area contributed by atoms with E-state index in [4.69, 9.17) is 19.6 Å². The van der Waals surface area contributed by atoms with E-state index in [9.17, 15) is 10.1 Å². The predicted molar refractivity (Wildman–Crippen MR) is 92.7 cm³/mol. The molecule has 0 bridgehead atoms. The summed E-state index contributed by atoms with van der Waals surface area (Å²) in [7, 11) is 1.60. The summed E-state index contributed by atoms with van der Waals surface area (Å²) in [5.74, 6) is 1.72. The van der Waals surface area contributed by atoms with Crippen LogP contribution in [0.25, 0.3) is 0 Å². The van der Waals surface area contributed by atoms with Crippen LogP contribution in [-0.2, 0) is 11.4 Å². The number of anilines is 1. The quantitative estimate of drug-likeness (QED) is 0.839. The van der Waals surface area contributed by atoms with Gasteiger partial charge >= 0.3 is 0 Å². The molecule has 1 fully saturated rings. The normalized spacial score (nSPS) is 14.7. The highest BCUT2D eigenvalue weighted by Crippen LogP contribution is 2.27. The average Bonchev–Trinajstić information content (AvgIpc) is 3.10. The second-order valence-electron chi connectivity index (χ2n) is 6.00. The first kappa shape index (κ1) is 17.6. The second kappa shape index (κ2) is 7.78. The third kappa shape index (κ3) is 3.88. The fourth-order valence-corrected chi connectivity index (χ4v) is 2.89. The van der Waals surface area contributed by atoms with E-state index in [1.54, 1.807) is 31.4 Å². The van der Waals surface area contributed by atoms with Crippen molar-refractivity contribution in [3.8, 4) is 17.6 Å². The van der Waals surface area contributed by atoms with Gasteiger partial charge in [-0.3, -0.25) is 4.79 Å². The molecule has 26 heavy (non-hydrogen) atoms. The topological polar surface area (TPSA) is 115 Å². The molecule has 8 heteroatoms. The number of nitrogens with two attached hydrogens (primary N) is 1. The summed E-state index contributed by atoms with van der Waals surface area (Å²) in [4.78, 5) is 17.4. The number of rotatable bonds is 6. The molecule has 2 heterocycles. The maximum atomic E-state index is 11.3. The summed E-state index contributed by atoms with van der Waals surface area (Å²) in [6.07, 6.45) is 1.27. The van der Waals surface area contributed by atoms with Crippen LogP contribution in [-0.4, -0.2) is 31.1 Å². The Morgan fingerprint density at radius 3 is 2.58 bits per heavy atom. The molecule has 1 aliphatic rings. The molecule has 1 aromatic carbocycles.